The highest BCUT2D eigenvalue weighted by molar-refractivity contribution is 14.0. The summed E-state index contributed by atoms with van der Waals surface area (Å²) in [7, 11) is 0. The lowest BCUT2D eigenvalue weighted by molar-refractivity contribution is 0.748. The monoisotopic (exact) mass is 393 g/mol. The van der Waals surface area contributed by atoms with E-state index in [-0.39, 0.29) is 24.0 Å². The van der Waals surface area contributed by atoms with Gasteiger partial charge in [-0.1, -0.05) is 25.5 Å². The molecule has 0 saturated carbocycles. The van der Waals surface area contributed by atoms with E-state index in [0.717, 1.165) is 19.4 Å². The van der Waals surface area contributed by atoms with E-state index in [9.17, 15) is 0 Å². The zero-order valence-electron chi connectivity index (χ0n) is 11.9. The van der Waals surface area contributed by atoms with Crippen LogP contribution in [0.1, 0.15) is 30.9 Å². The van der Waals surface area contributed by atoms with Crippen molar-refractivity contribution in [2.45, 2.75) is 38.1 Å². The first-order valence-electron chi connectivity index (χ1n) is 6.34. The minimum absolute atomic E-state index is 0. The van der Waals surface area contributed by atoms with Gasteiger partial charge in [-0.2, -0.15) is 0 Å². The lowest BCUT2D eigenvalue weighted by atomic mass is 10.1. The predicted molar refractivity (Wildman–Crippen MR) is 96.6 cm³/mol. The average molecular weight is 393 g/mol. The predicted octanol–water partition coefficient (Wildman–Crippen LogP) is 3.54. The second-order valence-electron chi connectivity index (χ2n) is 4.30. The molecule has 0 radical (unpaired) electrons. The molecule has 0 spiro atoms. The summed E-state index contributed by atoms with van der Waals surface area (Å²) in [5, 5.41) is 3.12. The van der Waals surface area contributed by atoms with Gasteiger partial charge in [0.25, 0.3) is 0 Å². The van der Waals surface area contributed by atoms with Crippen molar-refractivity contribution in [2.24, 2.45) is 10.7 Å². The van der Waals surface area contributed by atoms with Gasteiger partial charge in [-0.05, 0) is 36.8 Å². The molecule has 3 N–H and O–H groups in total. The van der Waals surface area contributed by atoms with Crippen LogP contribution in [0.15, 0.2) is 28.1 Å². The molecular formula is C14H24IN3S. The lowest BCUT2D eigenvalue weighted by Crippen LogP contribution is -2.32. The van der Waals surface area contributed by atoms with Crippen LogP contribution in [-0.2, 0) is 6.54 Å². The number of benzene rings is 1. The zero-order valence-corrected chi connectivity index (χ0v) is 15.0. The van der Waals surface area contributed by atoms with Crippen LogP contribution in [0.3, 0.4) is 0 Å². The molecular weight excluding hydrogens is 369 g/mol. The van der Waals surface area contributed by atoms with E-state index in [1.807, 2.05) is 0 Å². The summed E-state index contributed by atoms with van der Waals surface area (Å²) in [6.07, 6.45) is 4.37. The first kappa shape index (κ1) is 18.6. The van der Waals surface area contributed by atoms with Gasteiger partial charge in [-0.25, -0.2) is 4.99 Å². The van der Waals surface area contributed by atoms with Crippen LogP contribution in [0.4, 0.5) is 0 Å². The second-order valence-corrected chi connectivity index (χ2v) is 5.15. The maximum atomic E-state index is 5.82. The van der Waals surface area contributed by atoms with Gasteiger partial charge in [-0.3, -0.25) is 0 Å². The van der Waals surface area contributed by atoms with Crippen LogP contribution in [0.5, 0.6) is 0 Å². The Kier molecular flexibility index (Phi) is 10.1. The van der Waals surface area contributed by atoms with Crippen LogP contribution in [0.2, 0.25) is 0 Å². The Balaban J connectivity index is 0.00000324. The van der Waals surface area contributed by atoms with Crippen molar-refractivity contribution in [1.82, 2.24) is 5.32 Å². The fourth-order valence-corrected chi connectivity index (χ4v) is 2.30. The third-order valence-corrected chi connectivity index (χ3v) is 3.52. The number of nitrogens with zero attached hydrogens (tertiary/aromatic N) is 1. The number of hydrogen-bond donors (Lipinski definition) is 2. The summed E-state index contributed by atoms with van der Waals surface area (Å²) in [6, 6.07) is 6.44. The molecule has 0 fully saturated rings. The molecule has 0 aromatic heterocycles. The van der Waals surface area contributed by atoms with Gasteiger partial charge in [0.05, 0.1) is 6.54 Å². The molecule has 1 aromatic rings. The summed E-state index contributed by atoms with van der Waals surface area (Å²) in [5.41, 5.74) is 8.32. The number of nitrogens with two attached hydrogens (primary N) is 1. The molecule has 5 heteroatoms. The summed E-state index contributed by atoms with van der Waals surface area (Å²) in [4.78, 5) is 5.65. The van der Waals surface area contributed by atoms with Gasteiger partial charge in [-0.15, -0.1) is 35.7 Å². The number of rotatable bonds is 6. The minimum Gasteiger partial charge on any atom is -0.370 e. The van der Waals surface area contributed by atoms with E-state index in [2.05, 4.69) is 48.6 Å². The fourth-order valence-electron chi connectivity index (χ4n) is 1.60. The first-order chi connectivity index (χ1) is 8.67. The highest BCUT2D eigenvalue weighted by Gasteiger charge is 2.01. The van der Waals surface area contributed by atoms with E-state index in [0.29, 0.717) is 12.5 Å². The molecule has 0 saturated heterocycles. The number of aryl methyl sites for hydroxylation is 1. The van der Waals surface area contributed by atoms with Crippen molar-refractivity contribution >= 4 is 41.7 Å². The Labute approximate surface area is 137 Å². The summed E-state index contributed by atoms with van der Waals surface area (Å²) < 4.78 is 0. The summed E-state index contributed by atoms with van der Waals surface area (Å²) in [5.74, 6) is 0.538. The molecule has 0 aliphatic heterocycles. The molecule has 0 atom stereocenters. The van der Waals surface area contributed by atoms with Crippen molar-refractivity contribution in [1.29, 1.82) is 0 Å². The van der Waals surface area contributed by atoms with Crippen LogP contribution >= 0.6 is 35.7 Å². The van der Waals surface area contributed by atoms with Crippen molar-refractivity contribution < 1.29 is 0 Å². The Morgan fingerprint density at radius 3 is 2.79 bits per heavy atom. The van der Waals surface area contributed by atoms with Crippen molar-refractivity contribution in [2.75, 3.05) is 12.8 Å². The van der Waals surface area contributed by atoms with Gasteiger partial charge < -0.3 is 11.1 Å². The highest BCUT2D eigenvalue weighted by Crippen LogP contribution is 2.22. The number of thioether (sulfide) groups is 1. The molecule has 0 amide bonds. The standard InChI is InChI=1S/C14H23N3S.HI/c1-4-5-8-16-14(15)17-10-12-7-6-11(2)9-13(12)18-3;/h6-7,9H,4-5,8,10H2,1-3H3,(H3,15,16,17);1H. The number of nitrogens with one attached hydrogen (secondary N) is 1. The van der Waals surface area contributed by atoms with Gasteiger partial charge >= 0.3 is 0 Å². The topological polar surface area (TPSA) is 50.4 Å². The fraction of sp³-hybridized carbons (Fsp3) is 0.500. The van der Waals surface area contributed by atoms with Crippen molar-refractivity contribution in [3.63, 3.8) is 0 Å². The van der Waals surface area contributed by atoms with Gasteiger partial charge in [0.1, 0.15) is 0 Å². The lowest BCUT2D eigenvalue weighted by Gasteiger charge is -2.08. The molecule has 0 heterocycles. The largest absolute Gasteiger partial charge is 0.370 e. The third kappa shape index (κ3) is 7.06. The zero-order chi connectivity index (χ0) is 13.4. The van der Waals surface area contributed by atoms with Crippen LogP contribution < -0.4 is 11.1 Å². The Bertz CT molecular complexity index is 408. The van der Waals surface area contributed by atoms with Crippen molar-refractivity contribution in [3.8, 4) is 0 Å². The second kappa shape index (κ2) is 10.4. The molecule has 0 aliphatic rings. The molecule has 3 nitrogen and oxygen atoms in total. The number of guanidine groups is 1. The molecule has 108 valence electrons. The van der Waals surface area contributed by atoms with E-state index in [4.69, 9.17) is 5.73 Å². The third-order valence-electron chi connectivity index (χ3n) is 2.70. The quantitative estimate of drug-likeness (QED) is 0.256. The number of halogens is 1. The van der Waals surface area contributed by atoms with Crippen molar-refractivity contribution in [3.05, 3.63) is 29.3 Å². The molecule has 0 unspecified atom stereocenters. The normalized spacial score (nSPS) is 11.0. The molecule has 1 aromatic carbocycles. The summed E-state index contributed by atoms with van der Waals surface area (Å²) in [6.45, 7) is 5.80. The smallest absolute Gasteiger partial charge is 0.188 e. The highest BCUT2D eigenvalue weighted by atomic mass is 127. The number of aliphatic imine (C=N–C) groups is 1. The molecule has 0 bridgehead atoms. The van der Waals surface area contributed by atoms with E-state index in [1.54, 1.807) is 11.8 Å². The molecule has 1 rings (SSSR count). The van der Waals surface area contributed by atoms with E-state index >= 15 is 0 Å². The maximum absolute atomic E-state index is 5.82. The average Bonchev–Trinajstić information content (AvgIpc) is 2.37. The Hall–Kier alpha value is -0.430. The Morgan fingerprint density at radius 1 is 1.42 bits per heavy atom. The van der Waals surface area contributed by atoms with E-state index < -0.39 is 0 Å². The first-order valence-corrected chi connectivity index (χ1v) is 7.57. The molecule has 19 heavy (non-hydrogen) atoms. The molecule has 0 aliphatic carbocycles. The summed E-state index contributed by atoms with van der Waals surface area (Å²) >= 11 is 1.75. The van der Waals surface area contributed by atoms with Gasteiger partial charge in [0.15, 0.2) is 5.96 Å². The number of unbranched alkanes of at least 4 members (excludes halogenated alkanes) is 1. The van der Waals surface area contributed by atoms with E-state index in [1.165, 1.54) is 16.0 Å². The van der Waals surface area contributed by atoms with Gasteiger partial charge in [0, 0.05) is 11.4 Å². The van der Waals surface area contributed by atoms with Crippen LogP contribution in [0, 0.1) is 6.92 Å². The SMILES string of the molecule is CCCCNC(N)=NCc1ccc(C)cc1SC.I. The van der Waals surface area contributed by atoms with Crippen LogP contribution in [0.25, 0.3) is 0 Å². The maximum Gasteiger partial charge on any atom is 0.188 e. The van der Waals surface area contributed by atoms with Crippen LogP contribution in [-0.4, -0.2) is 18.8 Å². The minimum atomic E-state index is 0. The van der Waals surface area contributed by atoms with Gasteiger partial charge in [0.2, 0.25) is 0 Å². The number of hydrogen-bond acceptors (Lipinski definition) is 2. The Morgan fingerprint density at radius 2 is 2.16 bits per heavy atom.